The van der Waals surface area contributed by atoms with Crippen LogP contribution >= 0.6 is 12.4 Å². The van der Waals surface area contributed by atoms with Gasteiger partial charge in [-0.3, -0.25) is 0 Å². The molecule has 4 heteroatoms. The van der Waals surface area contributed by atoms with Gasteiger partial charge in [-0.1, -0.05) is 36.4 Å². The number of halogens is 1. The number of nitrogens with one attached hydrogen (secondary N) is 1. The molecule has 0 unspecified atom stereocenters. The smallest absolute Gasteiger partial charge is 0.127 e. The van der Waals surface area contributed by atoms with Crippen molar-refractivity contribution >= 4 is 12.4 Å². The third-order valence-electron chi connectivity index (χ3n) is 3.24. The summed E-state index contributed by atoms with van der Waals surface area (Å²) < 4.78 is 10.6. The normalized spacial score (nSPS) is 9.81. The molecule has 0 aliphatic carbocycles. The third kappa shape index (κ3) is 5.29. The molecule has 21 heavy (non-hydrogen) atoms. The van der Waals surface area contributed by atoms with Crippen LogP contribution in [0.1, 0.15) is 11.1 Å². The van der Waals surface area contributed by atoms with Gasteiger partial charge >= 0.3 is 0 Å². The standard InChI is InChI=1S/C17H21NO2.ClH/c1-19-16-9-8-15(17(12-16)20-2)13-18-11-10-14-6-4-3-5-7-14;/h3-9,12,18H,10-11,13H2,1-2H3;1H. The first-order valence-corrected chi connectivity index (χ1v) is 6.79. The summed E-state index contributed by atoms with van der Waals surface area (Å²) in [6, 6.07) is 16.4. The monoisotopic (exact) mass is 307 g/mol. The van der Waals surface area contributed by atoms with E-state index in [9.17, 15) is 0 Å². The molecular weight excluding hydrogens is 286 g/mol. The van der Waals surface area contributed by atoms with Crippen LogP contribution in [0.25, 0.3) is 0 Å². The Morgan fingerprint density at radius 2 is 1.71 bits per heavy atom. The molecule has 0 aliphatic heterocycles. The van der Waals surface area contributed by atoms with Gasteiger partial charge in [-0.15, -0.1) is 12.4 Å². The zero-order chi connectivity index (χ0) is 14.2. The summed E-state index contributed by atoms with van der Waals surface area (Å²) in [5.74, 6) is 1.67. The first-order valence-electron chi connectivity index (χ1n) is 6.79. The van der Waals surface area contributed by atoms with Crippen LogP contribution in [0.4, 0.5) is 0 Å². The molecule has 2 aromatic rings. The van der Waals surface area contributed by atoms with Gasteiger partial charge in [0.15, 0.2) is 0 Å². The summed E-state index contributed by atoms with van der Waals surface area (Å²) in [6.07, 6.45) is 1.03. The fourth-order valence-electron chi connectivity index (χ4n) is 2.10. The van der Waals surface area contributed by atoms with E-state index in [2.05, 4.69) is 29.6 Å². The molecule has 0 saturated heterocycles. The molecule has 0 saturated carbocycles. The van der Waals surface area contributed by atoms with Crippen molar-refractivity contribution in [3.8, 4) is 11.5 Å². The summed E-state index contributed by atoms with van der Waals surface area (Å²) in [5, 5.41) is 3.44. The lowest BCUT2D eigenvalue weighted by Crippen LogP contribution is -2.17. The Hall–Kier alpha value is -1.71. The summed E-state index contributed by atoms with van der Waals surface area (Å²) in [5.41, 5.74) is 2.49. The maximum Gasteiger partial charge on any atom is 0.127 e. The molecule has 2 rings (SSSR count). The summed E-state index contributed by atoms with van der Waals surface area (Å²) >= 11 is 0. The number of hydrogen-bond acceptors (Lipinski definition) is 3. The Balaban J connectivity index is 0.00000220. The minimum atomic E-state index is 0. The first-order chi connectivity index (χ1) is 9.83. The van der Waals surface area contributed by atoms with Crippen LogP contribution in [0.5, 0.6) is 11.5 Å². The van der Waals surface area contributed by atoms with Crippen LogP contribution in [-0.4, -0.2) is 20.8 Å². The van der Waals surface area contributed by atoms with E-state index in [1.54, 1.807) is 14.2 Å². The SMILES string of the molecule is COc1ccc(CNCCc2ccccc2)c(OC)c1.Cl. The summed E-state index contributed by atoms with van der Waals surface area (Å²) in [6.45, 7) is 1.74. The van der Waals surface area contributed by atoms with Crippen molar-refractivity contribution in [2.24, 2.45) is 0 Å². The quantitative estimate of drug-likeness (QED) is 0.795. The van der Waals surface area contributed by atoms with E-state index in [0.29, 0.717) is 0 Å². The van der Waals surface area contributed by atoms with E-state index in [4.69, 9.17) is 9.47 Å². The molecule has 0 atom stereocenters. The zero-order valence-electron chi connectivity index (χ0n) is 12.5. The molecule has 0 radical (unpaired) electrons. The van der Waals surface area contributed by atoms with Gasteiger partial charge in [0, 0.05) is 18.2 Å². The molecule has 114 valence electrons. The van der Waals surface area contributed by atoms with Crippen molar-refractivity contribution in [2.75, 3.05) is 20.8 Å². The van der Waals surface area contributed by atoms with Gasteiger partial charge in [-0.25, -0.2) is 0 Å². The summed E-state index contributed by atoms with van der Waals surface area (Å²) in [4.78, 5) is 0. The number of hydrogen-bond donors (Lipinski definition) is 1. The third-order valence-corrected chi connectivity index (χ3v) is 3.24. The van der Waals surface area contributed by atoms with Crippen LogP contribution in [0.2, 0.25) is 0 Å². The predicted octanol–water partition coefficient (Wildman–Crippen LogP) is 3.46. The zero-order valence-corrected chi connectivity index (χ0v) is 13.3. The van der Waals surface area contributed by atoms with Crippen molar-refractivity contribution < 1.29 is 9.47 Å². The van der Waals surface area contributed by atoms with E-state index >= 15 is 0 Å². The van der Waals surface area contributed by atoms with Crippen LogP contribution in [-0.2, 0) is 13.0 Å². The molecule has 0 amide bonds. The number of rotatable bonds is 7. The van der Waals surface area contributed by atoms with Crippen molar-refractivity contribution in [1.29, 1.82) is 0 Å². The molecule has 0 bridgehead atoms. The van der Waals surface area contributed by atoms with Crippen molar-refractivity contribution in [3.63, 3.8) is 0 Å². The lowest BCUT2D eigenvalue weighted by Gasteiger charge is -2.11. The molecule has 1 N–H and O–H groups in total. The Morgan fingerprint density at radius 3 is 2.38 bits per heavy atom. The van der Waals surface area contributed by atoms with Crippen LogP contribution in [0, 0.1) is 0 Å². The maximum absolute atomic E-state index is 5.38. The van der Waals surface area contributed by atoms with Crippen LogP contribution < -0.4 is 14.8 Å². The average Bonchev–Trinajstić information content (AvgIpc) is 2.52. The maximum atomic E-state index is 5.38. The Bertz CT molecular complexity index is 532. The highest BCUT2D eigenvalue weighted by atomic mass is 35.5. The molecular formula is C17H22ClNO2. The van der Waals surface area contributed by atoms with Gasteiger partial charge in [0.25, 0.3) is 0 Å². The lowest BCUT2D eigenvalue weighted by atomic mass is 10.1. The molecule has 0 aliphatic rings. The van der Waals surface area contributed by atoms with Gasteiger partial charge in [0.1, 0.15) is 11.5 Å². The van der Waals surface area contributed by atoms with Gasteiger partial charge in [-0.2, -0.15) is 0 Å². The molecule has 0 aromatic heterocycles. The van der Waals surface area contributed by atoms with Gasteiger partial charge in [0.2, 0.25) is 0 Å². The summed E-state index contributed by atoms with van der Waals surface area (Å²) in [7, 11) is 3.34. The largest absolute Gasteiger partial charge is 0.497 e. The second-order valence-corrected chi connectivity index (χ2v) is 4.59. The Labute approximate surface area is 132 Å². The van der Waals surface area contributed by atoms with E-state index in [-0.39, 0.29) is 12.4 Å². The van der Waals surface area contributed by atoms with Crippen molar-refractivity contribution in [2.45, 2.75) is 13.0 Å². The van der Waals surface area contributed by atoms with Crippen molar-refractivity contribution in [1.82, 2.24) is 5.32 Å². The molecule has 2 aromatic carbocycles. The predicted molar refractivity (Wildman–Crippen MR) is 88.6 cm³/mol. The minimum Gasteiger partial charge on any atom is -0.497 e. The highest BCUT2D eigenvalue weighted by molar-refractivity contribution is 5.85. The first kappa shape index (κ1) is 17.3. The van der Waals surface area contributed by atoms with E-state index in [1.165, 1.54) is 5.56 Å². The highest BCUT2D eigenvalue weighted by Crippen LogP contribution is 2.24. The second kappa shape index (κ2) is 9.27. The molecule has 0 fully saturated rings. The number of ether oxygens (including phenoxy) is 2. The lowest BCUT2D eigenvalue weighted by molar-refractivity contribution is 0.390. The van der Waals surface area contributed by atoms with E-state index in [1.807, 2.05) is 24.3 Å². The van der Waals surface area contributed by atoms with Gasteiger partial charge in [-0.05, 0) is 24.6 Å². The van der Waals surface area contributed by atoms with Gasteiger partial charge in [0.05, 0.1) is 14.2 Å². The topological polar surface area (TPSA) is 30.5 Å². The minimum absolute atomic E-state index is 0. The molecule has 3 nitrogen and oxygen atoms in total. The van der Waals surface area contributed by atoms with Crippen LogP contribution in [0.15, 0.2) is 48.5 Å². The van der Waals surface area contributed by atoms with Crippen LogP contribution in [0.3, 0.4) is 0 Å². The fraction of sp³-hybridized carbons (Fsp3) is 0.294. The number of methoxy groups -OCH3 is 2. The van der Waals surface area contributed by atoms with Crippen molar-refractivity contribution in [3.05, 3.63) is 59.7 Å². The highest BCUT2D eigenvalue weighted by Gasteiger charge is 2.04. The van der Waals surface area contributed by atoms with Gasteiger partial charge < -0.3 is 14.8 Å². The average molecular weight is 308 g/mol. The molecule has 0 heterocycles. The Morgan fingerprint density at radius 1 is 0.952 bits per heavy atom. The Kier molecular flexibility index (Phi) is 7.65. The number of benzene rings is 2. The molecule has 0 spiro atoms. The second-order valence-electron chi connectivity index (χ2n) is 4.59. The fourth-order valence-corrected chi connectivity index (χ4v) is 2.10. The van der Waals surface area contributed by atoms with E-state index < -0.39 is 0 Å². The van der Waals surface area contributed by atoms with E-state index in [0.717, 1.165) is 36.6 Å².